The highest BCUT2D eigenvalue weighted by atomic mass is 16.7. The quantitative estimate of drug-likeness (QED) is 0.347. The second-order valence-electron chi connectivity index (χ2n) is 3.56. The molecular formula is C9H18N2O3. The maximum absolute atomic E-state index is 9.85. The summed E-state index contributed by atoms with van der Waals surface area (Å²) in [4.78, 5) is 16.8. The fourth-order valence-electron chi connectivity index (χ4n) is 1.67. The largest absolute Gasteiger partial charge is 0.389 e. The normalized spacial score (nSPS) is 20.4. The summed E-state index contributed by atoms with van der Waals surface area (Å²) in [6.45, 7) is 2.88. The number of aliphatic hydroxyl groups is 1. The first-order chi connectivity index (χ1) is 6.83. The highest BCUT2D eigenvalue weighted by Crippen LogP contribution is 2.08. The Morgan fingerprint density at radius 1 is 1.43 bits per heavy atom. The lowest BCUT2D eigenvalue weighted by molar-refractivity contribution is -0.123. The molecule has 5 nitrogen and oxygen atoms in total. The van der Waals surface area contributed by atoms with Crippen LogP contribution in [0.1, 0.15) is 19.3 Å². The molecule has 1 saturated heterocycles. The maximum Gasteiger partial charge on any atom is 0.230 e. The van der Waals surface area contributed by atoms with Crippen LogP contribution < -0.4 is 5.48 Å². The fraction of sp³-hybridized carbons (Fsp3) is 0.889. The van der Waals surface area contributed by atoms with Gasteiger partial charge in [0, 0.05) is 6.54 Å². The van der Waals surface area contributed by atoms with Crippen molar-refractivity contribution in [3.8, 4) is 0 Å². The van der Waals surface area contributed by atoms with Gasteiger partial charge in [-0.1, -0.05) is 6.42 Å². The molecule has 0 bridgehead atoms. The number of likely N-dealkylation sites (tertiary alicyclic amines) is 1. The average molecular weight is 202 g/mol. The third kappa shape index (κ3) is 4.55. The van der Waals surface area contributed by atoms with Gasteiger partial charge in [-0.25, -0.2) is 5.48 Å². The summed E-state index contributed by atoms with van der Waals surface area (Å²) < 4.78 is 0. The summed E-state index contributed by atoms with van der Waals surface area (Å²) in [5, 5.41) is 9.51. The minimum Gasteiger partial charge on any atom is -0.389 e. The minimum atomic E-state index is -0.527. The van der Waals surface area contributed by atoms with E-state index in [2.05, 4.69) is 10.4 Å². The number of rotatable bonds is 6. The molecule has 0 aromatic rings. The zero-order chi connectivity index (χ0) is 10.2. The van der Waals surface area contributed by atoms with Crippen molar-refractivity contribution in [2.45, 2.75) is 25.4 Å². The highest BCUT2D eigenvalue weighted by Gasteiger charge is 2.14. The summed E-state index contributed by atoms with van der Waals surface area (Å²) in [5.41, 5.74) is 2.06. The molecule has 1 unspecified atom stereocenters. The summed E-state index contributed by atoms with van der Waals surface area (Å²) in [6.07, 6.45) is 3.63. The van der Waals surface area contributed by atoms with Gasteiger partial charge >= 0.3 is 0 Å². The van der Waals surface area contributed by atoms with E-state index < -0.39 is 6.10 Å². The molecule has 14 heavy (non-hydrogen) atoms. The Morgan fingerprint density at radius 3 is 2.79 bits per heavy atom. The van der Waals surface area contributed by atoms with E-state index in [0.717, 1.165) is 13.1 Å². The molecule has 0 radical (unpaired) electrons. The van der Waals surface area contributed by atoms with Crippen LogP contribution in [0.4, 0.5) is 0 Å². The molecular weight excluding hydrogens is 184 g/mol. The van der Waals surface area contributed by atoms with Crippen molar-refractivity contribution >= 4 is 6.41 Å². The van der Waals surface area contributed by atoms with E-state index in [1.165, 1.54) is 19.3 Å². The Labute approximate surface area is 84.0 Å². The fourth-order valence-corrected chi connectivity index (χ4v) is 1.67. The van der Waals surface area contributed by atoms with Crippen molar-refractivity contribution in [3.05, 3.63) is 0 Å². The van der Waals surface area contributed by atoms with Gasteiger partial charge in [-0.05, 0) is 25.9 Å². The van der Waals surface area contributed by atoms with E-state index in [0.29, 0.717) is 13.0 Å². The first-order valence-electron chi connectivity index (χ1n) is 5.04. The number of nitrogens with zero attached hydrogens (tertiary/aromatic N) is 1. The number of β-amino-alcohol motifs (C(OH)–C–C–N with tert-alkyl or cyclic N) is 1. The monoisotopic (exact) mass is 202 g/mol. The van der Waals surface area contributed by atoms with Crippen LogP contribution in [-0.2, 0) is 9.63 Å². The van der Waals surface area contributed by atoms with Crippen LogP contribution in [0.25, 0.3) is 0 Å². The Kier molecular flexibility index (Phi) is 5.51. The molecule has 1 aliphatic rings. The van der Waals surface area contributed by atoms with E-state index >= 15 is 0 Å². The number of hydroxylamine groups is 1. The molecule has 1 amide bonds. The molecule has 5 heteroatoms. The first-order valence-corrected chi connectivity index (χ1v) is 5.04. The predicted octanol–water partition coefficient (Wildman–Crippen LogP) is -0.489. The summed E-state index contributed by atoms with van der Waals surface area (Å²) in [6, 6.07) is 0. The van der Waals surface area contributed by atoms with Crippen LogP contribution in [0.3, 0.4) is 0 Å². The standard InChI is InChI=1S/C9H18N2O3/c12-8-10-14-7-9(13)6-11-4-2-1-3-5-11/h8-9,13H,1-7H2,(H,10,12). The van der Waals surface area contributed by atoms with Gasteiger partial charge in [-0.15, -0.1) is 0 Å². The highest BCUT2D eigenvalue weighted by molar-refractivity contribution is 5.43. The van der Waals surface area contributed by atoms with Crippen molar-refractivity contribution in [2.75, 3.05) is 26.2 Å². The molecule has 1 fully saturated rings. The number of hydrogen-bond donors (Lipinski definition) is 2. The van der Waals surface area contributed by atoms with Gasteiger partial charge in [-0.2, -0.15) is 0 Å². The summed E-state index contributed by atoms with van der Waals surface area (Å²) in [7, 11) is 0. The van der Waals surface area contributed by atoms with Gasteiger partial charge < -0.3 is 10.0 Å². The Hall–Kier alpha value is -0.650. The van der Waals surface area contributed by atoms with Crippen molar-refractivity contribution in [2.24, 2.45) is 0 Å². The van der Waals surface area contributed by atoms with E-state index in [-0.39, 0.29) is 6.61 Å². The van der Waals surface area contributed by atoms with Crippen molar-refractivity contribution in [1.82, 2.24) is 10.4 Å². The van der Waals surface area contributed by atoms with Gasteiger partial charge in [0.05, 0.1) is 6.10 Å². The predicted molar refractivity (Wildman–Crippen MR) is 51.4 cm³/mol. The van der Waals surface area contributed by atoms with Crippen LogP contribution >= 0.6 is 0 Å². The zero-order valence-electron chi connectivity index (χ0n) is 8.32. The number of hydrogen-bond acceptors (Lipinski definition) is 4. The molecule has 0 aromatic heterocycles. The topological polar surface area (TPSA) is 61.8 Å². The van der Waals surface area contributed by atoms with Gasteiger partial charge in [-0.3, -0.25) is 9.63 Å². The number of carbonyl (C=O) groups is 1. The lowest BCUT2D eigenvalue weighted by Gasteiger charge is -2.28. The molecule has 1 aliphatic heterocycles. The summed E-state index contributed by atoms with van der Waals surface area (Å²) in [5.74, 6) is 0. The Morgan fingerprint density at radius 2 is 2.14 bits per heavy atom. The number of piperidine rings is 1. The Bertz CT molecular complexity index is 160. The lowest BCUT2D eigenvalue weighted by Crippen LogP contribution is -2.38. The summed E-state index contributed by atoms with van der Waals surface area (Å²) >= 11 is 0. The van der Waals surface area contributed by atoms with E-state index in [4.69, 9.17) is 4.84 Å². The molecule has 1 heterocycles. The second-order valence-corrected chi connectivity index (χ2v) is 3.56. The molecule has 1 rings (SSSR count). The van der Waals surface area contributed by atoms with Crippen LogP contribution in [0.5, 0.6) is 0 Å². The third-order valence-electron chi connectivity index (χ3n) is 2.32. The van der Waals surface area contributed by atoms with Gasteiger partial charge in [0.2, 0.25) is 6.41 Å². The van der Waals surface area contributed by atoms with Crippen molar-refractivity contribution in [3.63, 3.8) is 0 Å². The smallest absolute Gasteiger partial charge is 0.230 e. The first kappa shape index (κ1) is 11.4. The Balaban J connectivity index is 2.05. The second kappa shape index (κ2) is 6.75. The molecule has 82 valence electrons. The van der Waals surface area contributed by atoms with E-state index in [9.17, 15) is 9.90 Å². The van der Waals surface area contributed by atoms with Crippen molar-refractivity contribution in [1.29, 1.82) is 0 Å². The van der Waals surface area contributed by atoms with Crippen LogP contribution in [0.2, 0.25) is 0 Å². The van der Waals surface area contributed by atoms with Crippen molar-refractivity contribution < 1.29 is 14.7 Å². The van der Waals surface area contributed by atoms with E-state index in [1.54, 1.807) is 0 Å². The van der Waals surface area contributed by atoms with Crippen LogP contribution in [0.15, 0.2) is 0 Å². The number of nitrogens with one attached hydrogen (secondary N) is 1. The molecule has 0 aliphatic carbocycles. The third-order valence-corrected chi connectivity index (χ3v) is 2.32. The van der Waals surface area contributed by atoms with Crippen LogP contribution in [-0.4, -0.2) is 48.8 Å². The lowest BCUT2D eigenvalue weighted by atomic mass is 10.1. The molecule has 1 atom stereocenters. The molecule has 0 saturated carbocycles. The number of aliphatic hydroxyl groups excluding tert-OH is 1. The van der Waals surface area contributed by atoms with Crippen LogP contribution in [0, 0.1) is 0 Å². The number of carbonyl (C=O) groups excluding carboxylic acids is 1. The maximum atomic E-state index is 9.85. The van der Waals surface area contributed by atoms with Gasteiger partial charge in [0.1, 0.15) is 6.61 Å². The molecule has 0 aromatic carbocycles. The average Bonchev–Trinajstić information content (AvgIpc) is 2.20. The SMILES string of the molecule is O=CNOCC(O)CN1CCCCC1. The molecule has 0 spiro atoms. The number of amides is 1. The minimum absolute atomic E-state index is 0.148. The zero-order valence-corrected chi connectivity index (χ0v) is 8.32. The van der Waals surface area contributed by atoms with Gasteiger partial charge in [0.15, 0.2) is 0 Å². The molecule has 2 N–H and O–H groups in total. The van der Waals surface area contributed by atoms with Gasteiger partial charge in [0.25, 0.3) is 0 Å². The van der Waals surface area contributed by atoms with E-state index in [1.807, 2.05) is 0 Å².